The molecule has 0 amide bonds. The second kappa shape index (κ2) is 3.26. The summed E-state index contributed by atoms with van der Waals surface area (Å²) in [7, 11) is 0. The van der Waals surface area contributed by atoms with Crippen LogP contribution in [-0.2, 0) is 4.79 Å². The Morgan fingerprint density at radius 2 is 2.33 bits per heavy atom. The molecule has 0 aliphatic heterocycles. The summed E-state index contributed by atoms with van der Waals surface area (Å²) in [5.41, 5.74) is 2.40. The second-order valence-corrected chi connectivity index (χ2v) is 3.67. The number of allylic oxidation sites excluding steroid dienone is 4. The summed E-state index contributed by atoms with van der Waals surface area (Å²) in [6.07, 6.45) is 11.3. The largest absolute Gasteiger partial charge is 0.298 e. The molecule has 1 saturated carbocycles. The van der Waals surface area contributed by atoms with E-state index in [0.717, 1.165) is 30.6 Å². The zero-order valence-electron chi connectivity index (χ0n) is 7.25. The molecule has 1 heteroatoms. The maximum atomic E-state index is 10.7. The Balaban J connectivity index is 2.35. The first kappa shape index (κ1) is 7.78. The van der Waals surface area contributed by atoms with Crippen molar-refractivity contribution >= 4 is 6.29 Å². The number of hydrogen-bond acceptors (Lipinski definition) is 1. The van der Waals surface area contributed by atoms with Crippen molar-refractivity contribution in [3.8, 4) is 0 Å². The van der Waals surface area contributed by atoms with Gasteiger partial charge in [0.15, 0.2) is 0 Å². The zero-order chi connectivity index (χ0) is 8.39. The number of carbonyl (C=O) groups excluding carboxylic acids is 1. The van der Waals surface area contributed by atoms with Gasteiger partial charge in [0.25, 0.3) is 0 Å². The second-order valence-electron chi connectivity index (χ2n) is 3.67. The van der Waals surface area contributed by atoms with Crippen LogP contribution in [0.4, 0.5) is 0 Å². The number of aldehydes is 1. The van der Waals surface area contributed by atoms with Gasteiger partial charge in [-0.3, -0.25) is 4.79 Å². The Kier molecular flexibility index (Phi) is 2.11. The summed E-state index contributed by atoms with van der Waals surface area (Å²) in [6, 6.07) is 0. The molecule has 0 aromatic rings. The molecule has 64 valence electrons. The van der Waals surface area contributed by atoms with E-state index in [4.69, 9.17) is 0 Å². The summed E-state index contributed by atoms with van der Waals surface area (Å²) < 4.78 is 0. The van der Waals surface area contributed by atoms with E-state index in [-0.39, 0.29) is 0 Å². The molecule has 2 aliphatic rings. The lowest BCUT2D eigenvalue weighted by Crippen LogP contribution is -1.97. The molecule has 1 atom stereocenters. The van der Waals surface area contributed by atoms with Crippen LogP contribution in [-0.4, -0.2) is 6.29 Å². The first-order valence-electron chi connectivity index (χ1n) is 4.76. The van der Waals surface area contributed by atoms with Crippen molar-refractivity contribution in [3.63, 3.8) is 0 Å². The van der Waals surface area contributed by atoms with Gasteiger partial charge in [-0.15, -0.1) is 0 Å². The van der Waals surface area contributed by atoms with Gasteiger partial charge in [0.2, 0.25) is 0 Å². The third kappa shape index (κ3) is 1.24. The molecule has 1 unspecified atom stereocenters. The smallest absolute Gasteiger partial charge is 0.150 e. The van der Waals surface area contributed by atoms with Crippen LogP contribution >= 0.6 is 0 Å². The van der Waals surface area contributed by atoms with Crippen LogP contribution < -0.4 is 0 Å². The fraction of sp³-hybridized carbons (Fsp3) is 0.545. The van der Waals surface area contributed by atoms with Crippen molar-refractivity contribution in [2.75, 3.05) is 0 Å². The molecule has 2 rings (SSSR count). The predicted octanol–water partition coefficient (Wildman–Crippen LogP) is 2.63. The predicted molar refractivity (Wildman–Crippen MR) is 48.8 cm³/mol. The lowest BCUT2D eigenvalue weighted by Gasteiger charge is -2.09. The van der Waals surface area contributed by atoms with E-state index in [9.17, 15) is 4.79 Å². The fourth-order valence-corrected chi connectivity index (χ4v) is 2.35. The first-order chi connectivity index (χ1) is 5.92. The molecule has 0 radical (unpaired) electrons. The van der Waals surface area contributed by atoms with Crippen molar-refractivity contribution < 1.29 is 4.79 Å². The molecule has 2 aliphatic carbocycles. The normalized spacial score (nSPS) is 28.5. The molecular weight excluding hydrogens is 148 g/mol. The van der Waals surface area contributed by atoms with E-state index in [1.807, 2.05) is 6.08 Å². The van der Waals surface area contributed by atoms with Gasteiger partial charge in [0.05, 0.1) is 0 Å². The van der Waals surface area contributed by atoms with Crippen molar-refractivity contribution in [2.45, 2.75) is 32.1 Å². The topological polar surface area (TPSA) is 17.1 Å². The zero-order valence-corrected chi connectivity index (χ0v) is 7.25. The maximum Gasteiger partial charge on any atom is 0.150 e. The van der Waals surface area contributed by atoms with Crippen LogP contribution in [0.1, 0.15) is 32.1 Å². The number of rotatable bonds is 1. The van der Waals surface area contributed by atoms with E-state index in [0.29, 0.717) is 0 Å². The van der Waals surface area contributed by atoms with Crippen molar-refractivity contribution in [2.24, 2.45) is 5.92 Å². The minimum Gasteiger partial charge on any atom is -0.298 e. The lowest BCUT2D eigenvalue weighted by atomic mass is 9.96. The molecule has 0 heterocycles. The van der Waals surface area contributed by atoms with Crippen molar-refractivity contribution in [3.05, 3.63) is 23.3 Å². The highest BCUT2D eigenvalue weighted by molar-refractivity contribution is 5.79. The van der Waals surface area contributed by atoms with Gasteiger partial charge in [-0.25, -0.2) is 0 Å². The highest BCUT2D eigenvalue weighted by Crippen LogP contribution is 2.37. The lowest BCUT2D eigenvalue weighted by molar-refractivity contribution is -0.104. The van der Waals surface area contributed by atoms with Crippen LogP contribution in [0.15, 0.2) is 23.3 Å². The summed E-state index contributed by atoms with van der Waals surface area (Å²) in [6.45, 7) is 0. The monoisotopic (exact) mass is 162 g/mol. The molecule has 0 saturated heterocycles. The van der Waals surface area contributed by atoms with Gasteiger partial charge in [-0.05, 0) is 38.0 Å². The average molecular weight is 162 g/mol. The van der Waals surface area contributed by atoms with Crippen LogP contribution in [0.2, 0.25) is 0 Å². The first-order valence-corrected chi connectivity index (χ1v) is 4.76. The Bertz CT molecular complexity index is 248. The minimum absolute atomic E-state index is 0.722. The average Bonchev–Trinajstić information content (AvgIpc) is 2.46. The van der Waals surface area contributed by atoms with Gasteiger partial charge in [-0.1, -0.05) is 17.7 Å². The molecule has 0 bridgehead atoms. The highest BCUT2D eigenvalue weighted by Gasteiger charge is 2.23. The molecule has 1 nitrogen and oxygen atoms in total. The Morgan fingerprint density at radius 1 is 1.42 bits per heavy atom. The summed E-state index contributed by atoms with van der Waals surface area (Å²) in [5.74, 6) is 0.722. The molecular formula is C11H14O. The molecule has 0 N–H and O–H groups in total. The van der Waals surface area contributed by atoms with Crippen molar-refractivity contribution in [1.29, 1.82) is 0 Å². The Labute approximate surface area is 73.2 Å². The van der Waals surface area contributed by atoms with Gasteiger partial charge in [-0.2, -0.15) is 0 Å². The summed E-state index contributed by atoms with van der Waals surface area (Å²) >= 11 is 0. The van der Waals surface area contributed by atoms with Gasteiger partial charge < -0.3 is 0 Å². The quantitative estimate of drug-likeness (QED) is 0.542. The van der Waals surface area contributed by atoms with E-state index in [1.54, 1.807) is 0 Å². The van der Waals surface area contributed by atoms with Crippen molar-refractivity contribution in [1.82, 2.24) is 0 Å². The van der Waals surface area contributed by atoms with Crippen LogP contribution in [0, 0.1) is 5.92 Å². The Hall–Kier alpha value is -0.850. The van der Waals surface area contributed by atoms with Crippen LogP contribution in [0.25, 0.3) is 0 Å². The van der Waals surface area contributed by atoms with Gasteiger partial charge in [0, 0.05) is 5.57 Å². The minimum atomic E-state index is 0.722. The SMILES string of the molecule is O=CC1=C2CCCC2CCC=C1. The van der Waals surface area contributed by atoms with E-state index < -0.39 is 0 Å². The van der Waals surface area contributed by atoms with E-state index in [2.05, 4.69) is 6.08 Å². The third-order valence-electron chi connectivity index (χ3n) is 2.97. The maximum absolute atomic E-state index is 10.7. The molecule has 0 aromatic heterocycles. The van der Waals surface area contributed by atoms with Gasteiger partial charge in [0.1, 0.15) is 6.29 Å². The molecule has 1 fully saturated rings. The molecule has 0 spiro atoms. The Morgan fingerprint density at radius 3 is 3.17 bits per heavy atom. The van der Waals surface area contributed by atoms with Crippen LogP contribution in [0.5, 0.6) is 0 Å². The van der Waals surface area contributed by atoms with Gasteiger partial charge >= 0.3 is 0 Å². The molecule has 12 heavy (non-hydrogen) atoms. The standard InChI is InChI=1S/C11H14O/c12-8-10-5-2-1-4-9-6-3-7-11(9)10/h2,5,8-9H,1,3-4,6-7H2. The van der Waals surface area contributed by atoms with E-state index in [1.165, 1.54) is 24.8 Å². The highest BCUT2D eigenvalue weighted by atomic mass is 16.1. The fourth-order valence-electron chi connectivity index (χ4n) is 2.35. The van der Waals surface area contributed by atoms with E-state index >= 15 is 0 Å². The molecule has 0 aromatic carbocycles. The van der Waals surface area contributed by atoms with Crippen LogP contribution in [0.3, 0.4) is 0 Å². The number of carbonyl (C=O) groups is 1. The summed E-state index contributed by atoms with van der Waals surface area (Å²) in [5, 5.41) is 0. The summed E-state index contributed by atoms with van der Waals surface area (Å²) in [4.78, 5) is 10.7. The third-order valence-corrected chi connectivity index (χ3v) is 2.97. The number of fused-ring (bicyclic) bond motifs is 1. The number of hydrogen-bond donors (Lipinski definition) is 0.